The van der Waals surface area contributed by atoms with E-state index in [9.17, 15) is 4.79 Å². The molecule has 0 fully saturated rings. The number of carbonyl (C=O) groups excluding carboxylic acids is 1. The van der Waals surface area contributed by atoms with Crippen molar-refractivity contribution in [3.8, 4) is 0 Å². The minimum atomic E-state index is -0.294. The van der Waals surface area contributed by atoms with Crippen LogP contribution in [0.3, 0.4) is 0 Å². The lowest BCUT2D eigenvalue weighted by Crippen LogP contribution is -2.06. The lowest BCUT2D eigenvalue weighted by Gasteiger charge is -2.02. The molecular formula is C7H14O3S. The smallest absolute Gasteiger partial charge is 0.306 e. The monoisotopic (exact) mass is 178 g/mol. The van der Waals surface area contributed by atoms with E-state index in [1.807, 2.05) is 0 Å². The normalized spacial score (nSPS) is 12.6. The van der Waals surface area contributed by atoms with Gasteiger partial charge in [-0.15, -0.1) is 0 Å². The zero-order chi connectivity index (χ0) is 8.69. The number of ether oxygens (including phenoxy) is 1. The van der Waals surface area contributed by atoms with Crippen LogP contribution in [0.4, 0.5) is 0 Å². The Morgan fingerprint density at radius 2 is 2.36 bits per heavy atom. The molecule has 3 nitrogen and oxygen atoms in total. The van der Waals surface area contributed by atoms with Gasteiger partial charge in [-0.05, 0) is 6.92 Å². The zero-order valence-electron chi connectivity index (χ0n) is 6.87. The molecule has 0 aromatic heterocycles. The van der Waals surface area contributed by atoms with E-state index in [-0.39, 0.29) is 12.1 Å². The van der Waals surface area contributed by atoms with Gasteiger partial charge in [0.25, 0.3) is 0 Å². The molecule has 0 aliphatic carbocycles. The molecule has 0 aromatic rings. The van der Waals surface area contributed by atoms with Crippen LogP contribution in [0, 0.1) is 0 Å². The molecule has 0 radical (unpaired) electrons. The van der Waals surface area contributed by atoms with Crippen LogP contribution in [-0.4, -0.2) is 35.8 Å². The SMILES string of the molecule is COC(=O)CCSC[C@@H](C)O. The van der Waals surface area contributed by atoms with Crippen molar-refractivity contribution in [3.63, 3.8) is 0 Å². The fourth-order valence-corrected chi connectivity index (χ4v) is 1.33. The van der Waals surface area contributed by atoms with Gasteiger partial charge in [-0.1, -0.05) is 0 Å². The van der Waals surface area contributed by atoms with E-state index >= 15 is 0 Å². The number of rotatable bonds is 5. The second kappa shape index (κ2) is 6.49. The summed E-state index contributed by atoms with van der Waals surface area (Å²) in [7, 11) is 1.38. The number of methoxy groups -OCH3 is 1. The molecule has 0 saturated carbocycles. The summed E-state index contributed by atoms with van der Waals surface area (Å²) in [6.45, 7) is 1.73. The predicted molar refractivity (Wildman–Crippen MR) is 45.6 cm³/mol. The van der Waals surface area contributed by atoms with Gasteiger partial charge in [0, 0.05) is 11.5 Å². The molecule has 4 heteroatoms. The number of aliphatic hydroxyl groups excluding tert-OH is 1. The standard InChI is InChI=1S/C7H14O3S/c1-6(8)5-11-4-3-7(9)10-2/h6,8H,3-5H2,1-2H3/t6-/m1/s1. The van der Waals surface area contributed by atoms with Gasteiger partial charge in [-0.3, -0.25) is 4.79 Å². The highest BCUT2D eigenvalue weighted by Crippen LogP contribution is 2.04. The van der Waals surface area contributed by atoms with Gasteiger partial charge >= 0.3 is 5.97 Å². The van der Waals surface area contributed by atoms with Crippen LogP contribution in [0.5, 0.6) is 0 Å². The summed E-state index contributed by atoms with van der Waals surface area (Å²) < 4.78 is 4.44. The van der Waals surface area contributed by atoms with Crippen molar-refractivity contribution in [2.75, 3.05) is 18.6 Å². The lowest BCUT2D eigenvalue weighted by atomic mass is 10.5. The minimum absolute atomic E-state index is 0.192. The Kier molecular flexibility index (Phi) is 6.36. The van der Waals surface area contributed by atoms with E-state index in [4.69, 9.17) is 5.11 Å². The highest BCUT2D eigenvalue weighted by atomic mass is 32.2. The Hall–Kier alpha value is -0.220. The maximum Gasteiger partial charge on any atom is 0.306 e. The summed E-state index contributed by atoms with van der Waals surface area (Å²) in [5, 5.41) is 8.84. The van der Waals surface area contributed by atoms with Gasteiger partial charge in [-0.25, -0.2) is 0 Å². The van der Waals surface area contributed by atoms with E-state index in [2.05, 4.69) is 4.74 Å². The Balaban J connectivity index is 3.08. The lowest BCUT2D eigenvalue weighted by molar-refractivity contribution is -0.140. The number of thioether (sulfide) groups is 1. The predicted octanol–water partition coefficient (Wildman–Crippen LogP) is 0.663. The quantitative estimate of drug-likeness (QED) is 0.496. The number of esters is 1. The highest BCUT2D eigenvalue weighted by Gasteiger charge is 2.00. The highest BCUT2D eigenvalue weighted by molar-refractivity contribution is 7.99. The maximum absolute atomic E-state index is 10.6. The third kappa shape index (κ3) is 7.68. The van der Waals surface area contributed by atoms with E-state index in [0.29, 0.717) is 12.2 Å². The van der Waals surface area contributed by atoms with Gasteiger partial charge in [-0.2, -0.15) is 11.8 Å². The van der Waals surface area contributed by atoms with Crippen molar-refractivity contribution < 1.29 is 14.6 Å². The number of hydrogen-bond acceptors (Lipinski definition) is 4. The summed E-state index contributed by atoms with van der Waals surface area (Å²) in [6.07, 6.45) is 0.131. The van der Waals surface area contributed by atoms with Gasteiger partial charge in [0.1, 0.15) is 0 Å². The van der Waals surface area contributed by atoms with Crippen LogP contribution in [0.2, 0.25) is 0 Å². The average Bonchev–Trinajstić information content (AvgIpc) is 1.97. The summed E-state index contributed by atoms with van der Waals surface area (Å²) in [6, 6.07) is 0. The molecule has 0 aliphatic rings. The van der Waals surface area contributed by atoms with Crippen LogP contribution in [0.25, 0.3) is 0 Å². The molecule has 0 bridgehead atoms. The molecule has 0 rings (SSSR count). The van der Waals surface area contributed by atoms with E-state index < -0.39 is 0 Å². The zero-order valence-corrected chi connectivity index (χ0v) is 7.69. The first-order valence-corrected chi connectivity index (χ1v) is 4.65. The fraction of sp³-hybridized carbons (Fsp3) is 0.857. The Morgan fingerprint density at radius 3 is 2.82 bits per heavy atom. The number of carbonyl (C=O) groups is 1. The molecule has 0 aromatic carbocycles. The molecule has 66 valence electrons. The van der Waals surface area contributed by atoms with Crippen molar-refractivity contribution in [2.24, 2.45) is 0 Å². The van der Waals surface area contributed by atoms with E-state index in [1.54, 1.807) is 18.7 Å². The summed E-state index contributed by atoms with van der Waals surface area (Å²) in [5.41, 5.74) is 0. The molecule has 0 heterocycles. The second-order valence-corrected chi connectivity index (χ2v) is 3.40. The van der Waals surface area contributed by atoms with Crippen molar-refractivity contribution >= 4 is 17.7 Å². The average molecular weight is 178 g/mol. The molecule has 0 amide bonds. The van der Waals surface area contributed by atoms with Crippen LogP contribution >= 0.6 is 11.8 Å². The Labute approximate surface area is 71.1 Å². The van der Waals surface area contributed by atoms with Gasteiger partial charge in [0.05, 0.1) is 19.6 Å². The van der Waals surface area contributed by atoms with Gasteiger partial charge < -0.3 is 9.84 Å². The number of aliphatic hydroxyl groups is 1. The topological polar surface area (TPSA) is 46.5 Å². The van der Waals surface area contributed by atoms with Crippen LogP contribution in [0.15, 0.2) is 0 Å². The number of hydrogen-bond donors (Lipinski definition) is 1. The van der Waals surface area contributed by atoms with Crippen molar-refractivity contribution in [3.05, 3.63) is 0 Å². The maximum atomic E-state index is 10.6. The Morgan fingerprint density at radius 1 is 1.73 bits per heavy atom. The molecule has 1 atom stereocenters. The molecule has 0 aliphatic heterocycles. The largest absolute Gasteiger partial charge is 0.469 e. The van der Waals surface area contributed by atoms with Crippen molar-refractivity contribution in [2.45, 2.75) is 19.4 Å². The van der Waals surface area contributed by atoms with E-state index in [1.165, 1.54) is 7.11 Å². The van der Waals surface area contributed by atoms with Crippen molar-refractivity contribution in [1.29, 1.82) is 0 Å². The van der Waals surface area contributed by atoms with Gasteiger partial charge in [0.2, 0.25) is 0 Å². The molecule has 0 spiro atoms. The van der Waals surface area contributed by atoms with Crippen molar-refractivity contribution in [1.82, 2.24) is 0 Å². The molecule has 11 heavy (non-hydrogen) atoms. The first-order valence-electron chi connectivity index (χ1n) is 3.49. The second-order valence-electron chi connectivity index (χ2n) is 2.25. The third-order valence-electron chi connectivity index (χ3n) is 1.04. The molecule has 0 saturated heterocycles. The first-order chi connectivity index (χ1) is 5.16. The van der Waals surface area contributed by atoms with Crippen LogP contribution in [0.1, 0.15) is 13.3 Å². The van der Waals surface area contributed by atoms with Crippen LogP contribution < -0.4 is 0 Å². The third-order valence-corrected chi connectivity index (χ3v) is 2.25. The fourth-order valence-electron chi connectivity index (χ4n) is 0.511. The first kappa shape index (κ1) is 10.8. The Bertz CT molecular complexity index is 114. The summed E-state index contributed by atoms with van der Waals surface area (Å²) >= 11 is 1.55. The van der Waals surface area contributed by atoms with E-state index in [0.717, 1.165) is 5.75 Å². The van der Waals surface area contributed by atoms with Crippen LogP contribution in [-0.2, 0) is 9.53 Å². The minimum Gasteiger partial charge on any atom is -0.469 e. The summed E-state index contributed by atoms with van der Waals surface area (Å²) in [5.74, 6) is 1.21. The summed E-state index contributed by atoms with van der Waals surface area (Å²) in [4.78, 5) is 10.6. The molecular weight excluding hydrogens is 164 g/mol. The molecule has 1 N–H and O–H groups in total. The molecule has 0 unspecified atom stereocenters. The van der Waals surface area contributed by atoms with Gasteiger partial charge in [0.15, 0.2) is 0 Å².